The van der Waals surface area contributed by atoms with E-state index in [2.05, 4.69) is 88.5 Å². The maximum Gasteiger partial charge on any atom is 0.472 e. The molecule has 0 heterocycles. The minimum Gasteiger partial charge on any atom is -0.462 e. The molecule has 0 aliphatic heterocycles. The van der Waals surface area contributed by atoms with E-state index in [4.69, 9.17) is 37.0 Å². The Labute approximate surface area is 622 Å². The molecular formula is C83H152O17P2. The van der Waals surface area contributed by atoms with Crippen molar-refractivity contribution in [2.75, 3.05) is 39.6 Å². The average molecular weight is 1480 g/mol. The number of carbonyl (C=O) groups is 4. The summed E-state index contributed by atoms with van der Waals surface area (Å²) in [6, 6.07) is 0. The first-order valence-corrected chi connectivity index (χ1v) is 44.5. The Morgan fingerprint density at radius 2 is 0.480 bits per heavy atom. The number of aliphatic hydroxyl groups excluding tert-OH is 1. The summed E-state index contributed by atoms with van der Waals surface area (Å²) in [4.78, 5) is 73.1. The largest absolute Gasteiger partial charge is 0.472 e. The van der Waals surface area contributed by atoms with Gasteiger partial charge in [-0.1, -0.05) is 307 Å². The lowest BCUT2D eigenvalue weighted by Crippen LogP contribution is -2.30. The van der Waals surface area contributed by atoms with Gasteiger partial charge in [-0.3, -0.25) is 37.3 Å². The number of phosphoric ester groups is 2. The highest BCUT2D eigenvalue weighted by molar-refractivity contribution is 7.47. The molecule has 102 heavy (non-hydrogen) atoms. The normalized spacial score (nSPS) is 14.1. The van der Waals surface area contributed by atoms with E-state index in [9.17, 15) is 43.2 Å². The number of rotatable bonds is 79. The molecule has 0 saturated heterocycles. The molecule has 0 aromatic rings. The van der Waals surface area contributed by atoms with Crippen molar-refractivity contribution in [3.63, 3.8) is 0 Å². The third kappa shape index (κ3) is 75.0. The predicted octanol–water partition coefficient (Wildman–Crippen LogP) is 24.2. The number of ether oxygens (including phenoxy) is 4. The van der Waals surface area contributed by atoms with Gasteiger partial charge in [0.25, 0.3) is 0 Å². The Morgan fingerprint density at radius 3 is 0.765 bits per heavy atom. The van der Waals surface area contributed by atoms with Gasteiger partial charge in [-0.25, -0.2) is 9.13 Å². The summed E-state index contributed by atoms with van der Waals surface area (Å²) in [6.07, 6.45) is 76.1. The minimum absolute atomic E-state index is 0.0881. The maximum absolute atomic E-state index is 13.1. The Kier molecular flexibility index (Phi) is 73.6. The maximum atomic E-state index is 13.1. The van der Waals surface area contributed by atoms with Crippen LogP contribution < -0.4 is 0 Å². The number of hydrogen-bond acceptors (Lipinski definition) is 15. The topological polar surface area (TPSA) is 237 Å². The van der Waals surface area contributed by atoms with Crippen LogP contribution in [0.3, 0.4) is 0 Å². The fourth-order valence-corrected chi connectivity index (χ4v) is 13.2. The van der Waals surface area contributed by atoms with Gasteiger partial charge in [0.1, 0.15) is 19.3 Å². The second-order valence-electron chi connectivity index (χ2n) is 28.1. The second-order valence-corrected chi connectivity index (χ2v) is 31.0. The summed E-state index contributed by atoms with van der Waals surface area (Å²) in [5.74, 6) is -2.17. The van der Waals surface area contributed by atoms with Crippen molar-refractivity contribution in [3.8, 4) is 0 Å². The molecule has 3 N–H and O–H groups in total. The van der Waals surface area contributed by atoms with Gasteiger partial charge in [-0.15, -0.1) is 0 Å². The van der Waals surface area contributed by atoms with E-state index in [0.717, 1.165) is 161 Å². The Balaban J connectivity index is 5.32. The molecule has 0 aliphatic carbocycles. The molecule has 0 spiro atoms. The molecule has 19 heteroatoms. The molecule has 0 fully saturated rings. The van der Waals surface area contributed by atoms with E-state index >= 15 is 0 Å². The van der Waals surface area contributed by atoms with Crippen LogP contribution in [0.4, 0.5) is 0 Å². The van der Waals surface area contributed by atoms with Gasteiger partial charge in [0.15, 0.2) is 12.2 Å². The van der Waals surface area contributed by atoms with Crippen LogP contribution in [0, 0.1) is 0 Å². The van der Waals surface area contributed by atoms with Crippen LogP contribution in [0.2, 0.25) is 0 Å². The quantitative estimate of drug-likeness (QED) is 0.0169. The van der Waals surface area contributed by atoms with Crippen LogP contribution in [0.5, 0.6) is 0 Å². The van der Waals surface area contributed by atoms with Gasteiger partial charge in [0.05, 0.1) is 26.4 Å². The highest BCUT2D eigenvalue weighted by Crippen LogP contribution is 2.45. The molecule has 5 atom stereocenters. The van der Waals surface area contributed by atoms with Crippen molar-refractivity contribution in [1.82, 2.24) is 0 Å². The van der Waals surface area contributed by atoms with Crippen LogP contribution in [-0.2, 0) is 65.4 Å². The molecule has 0 bridgehead atoms. The number of unbranched alkanes of at least 4 members (excludes halogenated alkanes) is 43. The molecule has 0 rings (SSSR count). The summed E-state index contributed by atoms with van der Waals surface area (Å²) >= 11 is 0. The lowest BCUT2D eigenvalue weighted by Gasteiger charge is -2.21. The van der Waals surface area contributed by atoms with E-state index in [-0.39, 0.29) is 25.7 Å². The van der Waals surface area contributed by atoms with E-state index in [0.29, 0.717) is 25.7 Å². The number of carbonyl (C=O) groups excluding carboxylic acids is 4. The fraction of sp³-hybridized carbons (Fsp3) is 0.831. The van der Waals surface area contributed by atoms with Crippen molar-refractivity contribution < 1.29 is 80.2 Å². The van der Waals surface area contributed by atoms with Crippen LogP contribution in [0.25, 0.3) is 0 Å². The number of phosphoric acid groups is 2. The molecule has 0 aromatic heterocycles. The van der Waals surface area contributed by atoms with Gasteiger partial charge in [0, 0.05) is 25.7 Å². The van der Waals surface area contributed by atoms with Crippen molar-refractivity contribution in [2.24, 2.45) is 0 Å². The van der Waals surface area contributed by atoms with Crippen LogP contribution in [0.15, 0.2) is 60.8 Å². The molecule has 0 aliphatic rings. The van der Waals surface area contributed by atoms with Crippen LogP contribution >= 0.6 is 15.6 Å². The first-order chi connectivity index (χ1) is 49.7. The molecule has 0 aromatic carbocycles. The highest BCUT2D eigenvalue weighted by atomic mass is 31.2. The Hall–Kier alpha value is -3.24. The van der Waals surface area contributed by atoms with E-state index in [1.807, 2.05) is 0 Å². The van der Waals surface area contributed by atoms with Crippen molar-refractivity contribution in [1.29, 1.82) is 0 Å². The van der Waals surface area contributed by atoms with Crippen molar-refractivity contribution in [2.45, 2.75) is 406 Å². The number of hydrogen-bond donors (Lipinski definition) is 3. The van der Waals surface area contributed by atoms with E-state index in [1.54, 1.807) is 0 Å². The first-order valence-electron chi connectivity index (χ1n) is 41.5. The predicted molar refractivity (Wildman–Crippen MR) is 418 cm³/mol. The van der Waals surface area contributed by atoms with Crippen LogP contribution in [0.1, 0.15) is 387 Å². The summed E-state index contributed by atoms with van der Waals surface area (Å²) in [5, 5.41) is 10.6. The lowest BCUT2D eigenvalue weighted by molar-refractivity contribution is -0.161. The zero-order valence-electron chi connectivity index (χ0n) is 65.3. The molecule has 5 unspecified atom stereocenters. The molecule has 0 saturated carbocycles. The van der Waals surface area contributed by atoms with Gasteiger partial charge < -0.3 is 33.8 Å². The third-order valence-electron chi connectivity index (χ3n) is 18.0. The second kappa shape index (κ2) is 76.0. The number of esters is 4. The minimum atomic E-state index is -4.97. The summed E-state index contributed by atoms with van der Waals surface area (Å²) < 4.78 is 68.7. The third-order valence-corrected chi connectivity index (χ3v) is 19.9. The van der Waals surface area contributed by atoms with E-state index < -0.39 is 97.5 Å². The van der Waals surface area contributed by atoms with Crippen LogP contribution in [-0.4, -0.2) is 96.7 Å². The summed E-state index contributed by atoms with van der Waals surface area (Å²) in [6.45, 7) is 4.89. The molecular weight excluding hydrogens is 1330 g/mol. The molecule has 17 nitrogen and oxygen atoms in total. The molecule has 0 amide bonds. The van der Waals surface area contributed by atoms with E-state index in [1.165, 1.54) is 148 Å². The molecule has 0 radical (unpaired) electrons. The Morgan fingerprint density at radius 1 is 0.275 bits per heavy atom. The first kappa shape index (κ1) is 98.8. The number of aliphatic hydroxyl groups is 1. The average Bonchev–Trinajstić information content (AvgIpc) is 0.908. The SMILES string of the molecule is CCCCC/C=C\C/C=C\C/C=C\CCCCCCCCC(=O)OCC(COP(=O)(O)OCC(O)COP(=O)(O)OCC(COC(=O)CCCCCCC/C=C\CCCCCCCC)OC(=O)CCCCCCC/C=C\CCCCCCCC)OC(=O)CCCCCCCCCCCCCCC. The number of allylic oxidation sites excluding steroid dienone is 10. The van der Waals surface area contributed by atoms with Gasteiger partial charge in [-0.05, 0) is 116 Å². The molecule has 596 valence electrons. The zero-order chi connectivity index (χ0) is 74.6. The standard InChI is InChI=1S/C83H152O17P2/c1-5-9-13-17-21-25-29-33-36-37-38-39-42-45-48-52-56-60-64-68-81(86)94-73-78(99-82(87)69-65-61-57-53-49-43-32-28-24-20-16-12-8-4)75-97-101(89,90)95-71-77(84)72-96-102(91,92)98-76-79(100-83(88)70-66-62-58-54-50-46-41-35-31-27-23-19-15-11-7-3)74-93-80(85)67-63-59-55-51-47-44-40-34-30-26-22-18-14-10-6-2/h21,25,33-36,38-41,77-79,84H,5-20,22-24,26-32,37,42-76H2,1-4H3,(H,89,90)(H,91,92)/b25-21-,36-33-,39-38-,40-34-,41-35-. The smallest absolute Gasteiger partial charge is 0.462 e. The summed E-state index contributed by atoms with van der Waals surface area (Å²) in [7, 11) is -9.95. The lowest BCUT2D eigenvalue weighted by atomic mass is 10.0. The van der Waals surface area contributed by atoms with Crippen molar-refractivity contribution >= 4 is 39.5 Å². The highest BCUT2D eigenvalue weighted by Gasteiger charge is 2.30. The van der Waals surface area contributed by atoms with Gasteiger partial charge >= 0.3 is 39.5 Å². The fourth-order valence-electron chi connectivity index (χ4n) is 11.6. The van der Waals surface area contributed by atoms with Crippen molar-refractivity contribution in [3.05, 3.63) is 60.8 Å². The zero-order valence-corrected chi connectivity index (χ0v) is 67.1. The van der Waals surface area contributed by atoms with Gasteiger partial charge in [-0.2, -0.15) is 0 Å². The Bertz CT molecular complexity index is 2170. The van der Waals surface area contributed by atoms with Gasteiger partial charge in [0.2, 0.25) is 0 Å². The summed E-state index contributed by atoms with van der Waals surface area (Å²) in [5.41, 5.74) is 0. The monoisotopic (exact) mass is 1480 g/mol.